The van der Waals surface area contributed by atoms with Gasteiger partial charge in [0.1, 0.15) is 0 Å². The lowest BCUT2D eigenvalue weighted by Gasteiger charge is -2.19. The van der Waals surface area contributed by atoms with Crippen LogP contribution in [-0.4, -0.2) is 44.1 Å². The predicted molar refractivity (Wildman–Crippen MR) is 100 cm³/mol. The van der Waals surface area contributed by atoms with Crippen LogP contribution >= 0.6 is 11.8 Å². The Morgan fingerprint density at radius 3 is 2.23 bits per heavy atom. The van der Waals surface area contributed by atoms with E-state index in [1.54, 1.807) is 0 Å². The molecule has 0 fully saturated rings. The van der Waals surface area contributed by atoms with Crippen molar-refractivity contribution in [1.29, 1.82) is 0 Å². The van der Waals surface area contributed by atoms with Crippen LogP contribution in [0, 0.1) is 5.92 Å². The first-order valence-corrected chi connectivity index (χ1v) is 9.80. The van der Waals surface area contributed by atoms with E-state index in [1.807, 2.05) is 0 Å². The molecule has 0 aromatic rings. The molecule has 146 valence electrons. The fourth-order valence-electron chi connectivity index (χ4n) is 2.58. The molecule has 0 aromatic carbocycles. The number of rotatable bonds is 11. The van der Waals surface area contributed by atoms with Gasteiger partial charge >= 0.3 is 5.97 Å². The molecule has 0 amide bonds. The minimum atomic E-state index is -0.450. The maximum absolute atomic E-state index is 12.5. The minimum Gasteiger partial charge on any atom is -0.489 e. The van der Waals surface area contributed by atoms with E-state index < -0.39 is 17.5 Å². The molecule has 0 aromatic heterocycles. The fraction of sp³-hybridized carbons (Fsp3) is 0.632. The Morgan fingerprint density at radius 2 is 1.69 bits per heavy atom. The number of allylic oxidation sites excluding steroid dienone is 2. The molecule has 0 radical (unpaired) electrons. The summed E-state index contributed by atoms with van der Waals surface area (Å²) < 4.78 is 15.3. The number of hydrogen-bond donors (Lipinski definition) is 0. The summed E-state index contributed by atoms with van der Waals surface area (Å²) >= 11 is 0.999. The van der Waals surface area contributed by atoms with Crippen molar-refractivity contribution in [3.05, 3.63) is 22.0 Å². The van der Waals surface area contributed by atoms with Crippen molar-refractivity contribution in [2.24, 2.45) is 5.92 Å². The predicted octanol–water partition coefficient (Wildman–Crippen LogP) is 3.41. The van der Waals surface area contributed by atoms with E-state index in [9.17, 15) is 14.4 Å². The third-order valence-electron chi connectivity index (χ3n) is 4.27. The summed E-state index contributed by atoms with van der Waals surface area (Å²) in [5.74, 6) is -1.18. The summed E-state index contributed by atoms with van der Waals surface area (Å²) in [7, 11) is 2.61. The third-order valence-corrected chi connectivity index (χ3v) is 5.43. The van der Waals surface area contributed by atoms with Gasteiger partial charge in [0, 0.05) is 5.57 Å². The number of Topliss-reactive ketones (excluding diaryl/α,β-unsaturated/α-hetero) is 2. The molecule has 0 aliphatic heterocycles. The van der Waals surface area contributed by atoms with E-state index in [4.69, 9.17) is 14.2 Å². The molecule has 0 heterocycles. The summed E-state index contributed by atoms with van der Waals surface area (Å²) in [6.45, 7) is 6.13. The van der Waals surface area contributed by atoms with Gasteiger partial charge in [-0.1, -0.05) is 33.1 Å². The standard InChI is InChI=1S/C19H28O6S/c1-6-8-9-13(7-2)10-25-14(20)11-26-19-12(3)15(21)17(23-4)18(24-5)16(19)22/h13H,6-11H2,1-5H3. The first kappa shape index (κ1) is 22.3. The molecule has 0 bridgehead atoms. The zero-order valence-corrected chi connectivity index (χ0v) is 17.0. The topological polar surface area (TPSA) is 78.9 Å². The highest BCUT2D eigenvalue weighted by Gasteiger charge is 2.35. The number of thioether (sulfide) groups is 1. The van der Waals surface area contributed by atoms with Crippen LogP contribution in [0.4, 0.5) is 0 Å². The van der Waals surface area contributed by atoms with Gasteiger partial charge in [-0.25, -0.2) is 0 Å². The van der Waals surface area contributed by atoms with Gasteiger partial charge in [0.05, 0.1) is 31.5 Å². The Kier molecular flexibility index (Phi) is 9.48. The Balaban J connectivity index is 2.66. The molecule has 1 aliphatic rings. The zero-order valence-electron chi connectivity index (χ0n) is 16.2. The lowest BCUT2D eigenvalue weighted by molar-refractivity contribution is -0.141. The van der Waals surface area contributed by atoms with Gasteiger partial charge < -0.3 is 14.2 Å². The highest BCUT2D eigenvalue weighted by molar-refractivity contribution is 8.04. The molecule has 7 heteroatoms. The number of ketones is 2. The van der Waals surface area contributed by atoms with E-state index in [0.717, 1.165) is 37.4 Å². The normalized spacial score (nSPS) is 16.0. The van der Waals surface area contributed by atoms with Gasteiger partial charge in [-0.15, -0.1) is 11.8 Å². The number of hydrogen-bond acceptors (Lipinski definition) is 7. The van der Waals surface area contributed by atoms with Crippen molar-refractivity contribution in [2.75, 3.05) is 26.6 Å². The molecule has 1 aliphatic carbocycles. The van der Waals surface area contributed by atoms with E-state index in [-0.39, 0.29) is 27.7 Å². The molecular weight excluding hydrogens is 356 g/mol. The molecule has 0 saturated carbocycles. The fourth-order valence-corrected chi connectivity index (χ4v) is 3.46. The number of ether oxygens (including phenoxy) is 3. The Hall–Kier alpha value is -1.76. The molecule has 1 rings (SSSR count). The second kappa shape index (κ2) is 11.1. The Morgan fingerprint density at radius 1 is 1.08 bits per heavy atom. The average molecular weight is 384 g/mol. The number of unbranched alkanes of at least 4 members (excludes halogenated alkanes) is 1. The summed E-state index contributed by atoms with van der Waals surface area (Å²) in [4.78, 5) is 37.0. The van der Waals surface area contributed by atoms with E-state index >= 15 is 0 Å². The molecule has 0 saturated heterocycles. The quantitative estimate of drug-likeness (QED) is 0.399. The lowest BCUT2D eigenvalue weighted by Crippen LogP contribution is -2.24. The Labute approximate surface area is 159 Å². The summed E-state index contributed by atoms with van der Waals surface area (Å²) in [6, 6.07) is 0. The first-order chi connectivity index (χ1) is 12.4. The van der Waals surface area contributed by atoms with Crippen molar-refractivity contribution in [3.63, 3.8) is 0 Å². The van der Waals surface area contributed by atoms with Gasteiger partial charge in [0.15, 0.2) is 0 Å². The number of carbonyl (C=O) groups excluding carboxylic acids is 3. The van der Waals surface area contributed by atoms with Crippen LogP contribution in [0.2, 0.25) is 0 Å². The average Bonchev–Trinajstić information content (AvgIpc) is 2.64. The lowest BCUT2D eigenvalue weighted by atomic mass is 10.0. The highest BCUT2D eigenvalue weighted by Crippen LogP contribution is 2.32. The molecule has 26 heavy (non-hydrogen) atoms. The SMILES string of the molecule is CCCCC(CC)COC(=O)CSC1=C(C)C(=O)C(OC)=C(OC)C1=O. The maximum Gasteiger partial charge on any atom is 0.316 e. The number of esters is 1. The second-order valence-corrected chi connectivity index (χ2v) is 7.05. The molecule has 1 atom stereocenters. The molecule has 6 nitrogen and oxygen atoms in total. The van der Waals surface area contributed by atoms with Crippen LogP contribution in [0.25, 0.3) is 0 Å². The van der Waals surface area contributed by atoms with Crippen LogP contribution in [0.1, 0.15) is 46.5 Å². The van der Waals surface area contributed by atoms with Crippen molar-refractivity contribution in [1.82, 2.24) is 0 Å². The maximum atomic E-state index is 12.5. The van der Waals surface area contributed by atoms with Crippen LogP contribution in [-0.2, 0) is 28.6 Å². The van der Waals surface area contributed by atoms with Crippen molar-refractivity contribution >= 4 is 29.3 Å². The summed E-state index contributed by atoms with van der Waals surface area (Å²) in [6.07, 6.45) is 4.22. The van der Waals surface area contributed by atoms with E-state index in [1.165, 1.54) is 21.1 Å². The van der Waals surface area contributed by atoms with Gasteiger partial charge in [-0.2, -0.15) is 0 Å². The van der Waals surface area contributed by atoms with Gasteiger partial charge in [0.2, 0.25) is 23.1 Å². The van der Waals surface area contributed by atoms with Gasteiger partial charge in [0.25, 0.3) is 0 Å². The van der Waals surface area contributed by atoms with Crippen LogP contribution in [0.15, 0.2) is 22.0 Å². The zero-order chi connectivity index (χ0) is 19.7. The van der Waals surface area contributed by atoms with Crippen molar-refractivity contribution < 1.29 is 28.6 Å². The largest absolute Gasteiger partial charge is 0.489 e. The van der Waals surface area contributed by atoms with Crippen LogP contribution in [0.5, 0.6) is 0 Å². The second-order valence-electron chi connectivity index (χ2n) is 6.07. The third kappa shape index (κ3) is 5.62. The van der Waals surface area contributed by atoms with E-state index in [2.05, 4.69) is 13.8 Å². The summed E-state index contributed by atoms with van der Waals surface area (Å²) in [5, 5.41) is 0. The number of methoxy groups -OCH3 is 2. The smallest absolute Gasteiger partial charge is 0.316 e. The van der Waals surface area contributed by atoms with E-state index in [0.29, 0.717) is 12.5 Å². The van der Waals surface area contributed by atoms with Crippen LogP contribution in [0.3, 0.4) is 0 Å². The molecule has 0 N–H and O–H groups in total. The highest BCUT2D eigenvalue weighted by atomic mass is 32.2. The minimum absolute atomic E-state index is 0.0325. The van der Waals surface area contributed by atoms with Crippen LogP contribution < -0.4 is 0 Å². The molecule has 0 spiro atoms. The molecular formula is C19H28O6S. The van der Waals surface area contributed by atoms with Crippen molar-refractivity contribution in [2.45, 2.75) is 46.5 Å². The van der Waals surface area contributed by atoms with Gasteiger partial charge in [-0.3, -0.25) is 14.4 Å². The number of carbonyl (C=O) groups is 3. The first-order valence-electron chi connectivity index (χ1n) is 8.82. The van der Waals surface area contributed by atoms with Crippen molar-refractivity contribution in [3.8, 4) is 0 Å². The monoisotopic (exact) mass is 384 g/mol. The summed E-state index contributed by atoms with van der Waals surface area (Å²) in [5.41, 5.74) is 0.250. The van der Waals surface area contributed by atoms with Gasteiger partial charge in [-0.05, 0) is 19.3 Å². The Bertz CT molecular complexity index is 605. The molecule has 1 unspecified atom stereocenters.